The Kier molecular flexibility index (Phi) is 7.11. The second kappa shape index (κ2) is 10.6. The number of benzene rings is 2. The molecule has 1 unspecified atom stereocenters. The third kappa shape index (κ3) is 5.32. The molecule has 1 spiro atoms. The highest BCUT2D eigenvalue weighted by molar-refractivity contribution is 6.00. The molecule has 2 heterocycles. The van der Waals surface area contributed by atoms with Gasteiger partial charge >= 0.3 is 6.09 Å². The van der Waals surface area contributed by atoms with Crippen LogP contribution in [-0.2, 0) is 20.8 Å². The van der Waals surface area contributed by atoms with Gasteiger partial charge in [0.1, 0.15) is 11.4 Å². The standard InChI is InChI=1S/C28H33N3O5/c1-2-24(30-36-25-9-5-7-20-6-3-4-8-23(20)25)21-10-12-22(13-11-21)34-18-26(32)31-16-14-28(15-17-31)19-29-27(33)35-28/h3-4,6,8,10-13,25H,2,5,7,9,14-19H2,1H3,(H,29,33). The fourth-order valence-corrected chi connectivity index (χ4v) is 5.19. The number of nitrogens with zero attached hydrogens (tertiary/aromatic N) is 2. The van der Waals surface area contributed by atoms with Crippen molar-refractivity contribution in [1.29, 1.82) is 0 Å². The minimum absolute atomic E-state index is 0.00762. The smallest absolute Gasteiger partial charge is 0.407 e. The number of hydrogen-bond donors (Lipinski definition) is 1. The van der Waals surface area contributed by atoms with Crippen LogP contribution in [0.5, 0.6) is 5.75 Å². The lowest BCUT2D eigenvalue weighted by Crippen LogP contribution is -2.49. The van der Waals surface area contributed by atoms with E-state index < -0.39 is 5.60 Å². The molecular weight excluding hydrogens is 458 g/mol. The SMILES string of the molecule is CCC(=NOC1CCCc2ccccc21)c1ccc(OCC(=O)N2CCC3(CC2)CNC(=O)O3)cc1. The van der Waals surface area contributed by atoms with E-state index in [-0.39, 0.29) is 24.7 Å². The number of ether oxygens (including phenoxy) is 2. The molecule has 1 atom stereocenters. The van der Waals surface area contributed by atoms with E-state index in [1.807, 2.05) is 24.3 Å². The van der Waals surface area contributed by atoms with E-state index in [4.69, 9.17) is 14.3 Å². The number of alkyl carbamates (subject to hydrolysis) is 1. The zero-order chi connectivity index (χ0) is 25.0. The summed E-state index contributed by atoms with van der Waals surface area (Å²) in [4.78, 5) is 31.8. The monoisotopic (exact) mass is 491 g/mol. The summed E-state index contributed by atoms with van der Waals surface area (Å²) < 4.78 is 11.2. The Morgan fingerprint density at radius 3 is 2.67 bits per heavy atom. The molecule has 2 amide bonds. The minimum Gasteiger partial charge on any atom is -0.484 e. The Morgan fingerprint density at radius 1 is 1.17 bits per heavy atom. The van der Waals surface area contributed by atoms with Crippen LogP contribution in [0.2, 0.25) is 0 Å². The molecule has 2 aromatic rings. The van der Waals surface area contributed by atoms with Gasteiger partial charge in [-0.15, -0.1) is 0 Å². The fourth-order valence-electron chi connectivity index (χ4n) is 5.19. The van der Waals surface area contributed by atoms with Crippen molar-refractivity contribution in [2.75, 3.05) is 26.2 Å². The van der Waals surface area contributed by atoms with Crippen molar-refractivity contribution in [3.05, 3.63) is 65.2 Å². The molecule has 0 aromatic heterocycles. The maximum atomic E-state index is 12.6. The van der Waals surface area contributed by atoms with Gasteiger partial charge in [0.2, 0.25) is 0 Å². The van der Waals surface area contributed by atoms with E-state index in [1.165, 1.54) is 11.1 Å². The molecule has 8 heteroatoms. The normalized spacial score (nSPS) is 20.9. The van der Waals surface area contributed by atoms with Gasteiger partial charge in [0.05, 0.1) is 12.3 Å². The number of nitrogens with one attached hydrogen (secondary N) is 1. The summed E-state index contributed by atoms with van der Waals surface area (Å²) in [6.07, 6.45) is 4.81. The van der Waals surface area contributed by atoms with Crippen LogP contribution in [0, 0.1) is 0 Å². The Bertz CT molecular complexity index is 1120. The van der Waals surface area contributed by atoms with Gasteiger partial charge in [0.25, 0.3) is 5.91 Å². The number of aryl methyl sites for hydroxylation is 1. The number of carbonyl (C=O) groups excluding carboxylic acids is 2. The van der Waals surface area contributed by atoms with Crippen LogP contribution in [0.1, 0.15) is 61.8 Å². The molecule has 3 aliphatic rings. The predicted molar refractivity (Wildman–Crippen MR) is 135 cm³/mol. The molecule has 1 N–H and O–H groups in total. The quantitative estimate of drug-likeness (QED) is 0.459. The van der Waals surface area contributed by atoms with Gasteiger partial charge in [0.15, 0.2) is 12.7 Å². The Morgan fingerprint density at radius 2 is 1.94 bits per heavy atom. The average Bonchev–Trinajstić information content (AvgIpc) is 3.28. The van der Waals surface area contributed by atoms with Gasteiger partial charge in [-0.3, -0.25) is 4.79 Å². The first kappa shape index (κ1) is 24.2. The number of fused-ring (bicyclic) bond motifs is 1. The van der Waals surface area contributed by atoms with E-state index >= 15 is 0 Å². The van der Waals surface area contributed by atoms with Gasteiger partial charge in [-0.25, -0.2) is 4.79 Å². The van der Waals surface area contributed by atoms with Crippen molar-refractivity contribution in [3.63, 3.8) is 0 Å². The Hall–Kier alpha value is -3.55. The van der Waals surface area contributed by atoms with E-state index in [0.29, 0.717) is 38.2 Å². The molecule has 0 radical (unpaired) electrons. The number of oxime groups is 1. The molecule has 0 saturated carbocycles. The summed E-state index contributed by atoms with van der Waals surface area (Å²) in [6.45, 7) is 3.66. The van der Waals surface area contributed by atoms with E-state index in [9.17, 15) is 9.59 Å². The number of rotatable bonds is 7. The van der Waals surface area contributed by atoms with Gasteiger partial charge < -0.3 is 24.5 Å². The molecule has 2 saturated heterocycles. The number of hydrogen-bond acceptors (Lipinski definition) is 6. The third-order valence-corrected chi connectivity index (χ3v) is 7.38. The van der Waals surface area contributed by atoms with Crippen LogP contribution in [0.25, 0.3) is 0 Å². The first-order chi connectivity index (χ1) is 17.5. The van der Waals surface area contributed by atoms with Gasteiger partial charge in [0, 0.05) is 25.9 Å². The van der Waals surface area contributed by atoms with Crippen LogP contribution in [0.4, 0.5) is 4.79 Å². The van der Waals surface area contributed by atoms with Crippen LogP contribution in [0.3, 0.4) is 0 Å². The highest BCUT2D eigenvalue weighted by Crippen LogP contribution is 2.33. The highest BCUT2D eigenvalue weighted by atomic mass is 16.6. The summed E-state index contributed by atoms with van der Waals surface area (Å²) in [5, 5.41) is 7.22. The zero-order valence-electron chi connectivity index (χ0n) is 20.7. The molecule has 36 heavy (non-hydrogen) atoms. The molecule has 1 aliphatic carbocycles. The minimum atomic E-state index is -0.465. The van der Waals surface area contributed by atoms with Crippen molar-refractivity contribution in [1.82, 2.24) is 10.2 Å². The summed E-state index contributed by atoms with van der Waals surface area (Å²) in [5.74, 6) is 0.565. The Balaban J connectivity index is 1.13. The van der Waals surface area contributed by atoms with Crippen molar-refractivity contribution < 1.29 is 23.9 Å². The fraction of sp³-hybridized carbons (Fsp3) is 0.464. The maximum Gasteiger partial charge on any atom is 0.407 e. The summed E-state index contributed by atoms with van der Waals surface area (Å²) in [6, 6.07) is 16.1. The lowest BCUT2D eigenvalue weighted by molar-refractivity contribution is -0.136. The Labute approximate surface area is 211 Å². The lowest BCUT2D eigenvalue weighted by atomic mass is 9.90. The van der Waals surface area contributed by atoms with Crippen LogP contribution < -0.4 is 10.1 Å². The summed E-state index contributed by atoms with van der Waals surface area (Å²) in [5.41, 5.74) is 3.97. The summed E-state index contributed by atoms with van der Waals surface area (Å²) in [7, 11) is 0. The van der Waals surface area contributed by atoms with Gasteiger partial charge in [-0.1, -0.05) is 36.3 Å². The van der Waals surface area contributed by atoms with Gasteiger partial charge in [-0.2, -0.15) is 0 Å². The zero-order valence-corrected chi connectivity index (χ0v) is 20.7. The van der Waals surface area contributed by atoms with E-state index in [0.717, 1.165) is 37.0 Å². The topological polar surface area (TPSA) is 89.5 Å². The highest BCUT2D eigenvalue weighted by Gasteiger charge is 2.43. The first-order valence-electron chi connectivity index (χ1n) is 12.8. The van der Waals surface area contributed by atoms with Crippen LogP contribution >= 0.6 is 0 Å². The van der Waals surface area contributed by atoms with E-state index in [1.54, 1.807) is 4.90 Å². The molecule has 0 bridgehead atoms. The first-order valence-corrected chi connectivity index (χ1v) is 12.8. The summed E-state index contributed by atoms with van der Waals surface area (Å²) >= 11 is 0. The van der Waals surface area contributed by atoms with E-state index in [2.05, 4.69) is 41.7 Å². The molecule has 8 nitrogen and oxygen atoms in total. The molecule has 2 aliphatic heterocycles. The molecule has 190 valence electrons. The van der Waals surface area contributed by atoms with Crippen LogP contribution in [-0.4, -0.2) is 54.5 Å². The lowest BCUT2D eigenvalue weighted by Gasteiger charge is -2.37. The average molecular weight is 492 g/mol. The molecule has 5 rings (SSSR count). The number of likely N-dealkylation sites (tertiary alicyclic amines) is 1. The largest absolute Gasteiger partial charge is 0.484 e. The van der Waals surface area contributed by atoms with Crippen LogP contribution in [0.15, 0.2) is 53.7 Å². The number of amides is 2. The van der Waals surface area contributed by atoms with Gasteiger partial charge in [-0.05, 0) is 66.6 Å². The molecular formula is C28H33N3O5. The third-order valence-electron chi connectivity index (χ3n) is 7.38. The second-order valence-electron chi connectivity index (χ2n) is 9.70. The number of carbonyl (C=O) groups is 2. The van der Waals surface area contributed by atoms with Crippen molar-refractivity contribution in [2.45, 2.75) is 57.2 Å². The second-order valence-corrected chi connectivity index (χ2v) is 9.70. The molecule has 2 fully saturated rings. The predicted octanol–water partition coefficient (Wildman–Crippen LogP) is 4.37. The maximum absolute atomic E-state index is 12.6. The van der Waals surface area contributed by atoms with Crippen molar-refractivity contribution >= 4 is 17.7 Å². The van der Waals surface area contributed by atoms with Crippen molar-refractivity contribution in [2.24, 2.45) is 5.16 Å². The molecule has 2 aromatic carbocycles. The number of piperidine rings is 1. The van der Waals surface area contributed by atoms with Crippen molar-refractivity contribution in [3.8, 4) is 5.75 Å².